The second-order valence-electron chi connectivity index (χ2n) is 5.20. The van der Waals surface area contributed by atoms with Crippen LogP contribution in [0, 0.1) is 5.92 Å². The Hall–Kier alpha value is -0.320. The summed E-state index contributed by atoms with van der Waals surface area (Å²) in [6, 6.07) is 0. The minimum atomic E-state index is 0. The first-order valence-electron chi connectivity index (χ1n) is 6.63. The van der Waals surface area contributed by atoms with Crippen molar-refractivity contribution in [3.63, 3.8) is 0 Å². The third-order valence-electron chi connectivity index (χ3n) is 3.64. The Kier molecular flexibility index (Phi) is 6.97. The molecule has 1 aliphatic carbocycles. The molecule has 1 aromatic heterocycles. The number of nitrogens with zero attached hydrogens (tertiary/aromatic N) is 2. The molecule has 2 rings (SSSR count). The van der Waals surface area contributed by atoms with Crippen molar-refractivity contribution in [3.8, 4) is 0 Å². The van der Waals surface area contributed by atoms with Gasteiger partial charge in [-0.05, 0) is 25.9 Å². The lowest BCUT2D eigenvalue weighted by Gasteiger charge is -2.24. The second-order valence-corrected chi connectivity index (χ2v) is 6.34. The van der Waals surface area contributed by atoms with Crippen LogP contribution in [0.5, 0.6) is 0 Å². The first-order valence-corrected chi connectivity index (χ1v) is 7.44. The third kappa shape index (κ3) is 5.12. The summed E-state index contributed by atoms with van der Waals surface area (Å²) >= 11 is 1.60. The zero-order valence-corrected chi connectivity index (χ0v) is 12.7. The lowest BCUT2D eigenvalue weighted by molar-refractivity contribution is 0.261. The molecule has 1 heterocycles. The summed E-state index contributed by atoms with van der Waals surface area (Å²) in [5.41, 5.74) is 5.63. The number of anilines is 1. The summed E-state index contributed by atoms with van der Waals surface area (Å²) in [5.74, 6) is 0.970. The van der Waals surface area contributed by atoms with Crippen molar-refractivity contribution in [2.45, 2.75) is 45.1 Å². The summed E-state index contributed by atoms with van der Waals surface area (Å²) in [6.45, 7) is 2.18. The molecule has 0 radical (unpaired) electrons. The Morgan fingerprint density at radius 1 is 1.39 bits per heavy atom. The number of hydrogen-bond acceptors (Lipinski definition) is 4. The van der Waals surface area contributed by atoms with Gasteiger partial charge in [0, 0.05) is 17.6 Å². The molecule has 2 N–H and O–H groups in total. The minimum absolute atomic E-state index is 0. The predicted octanol–water partition coefficient (Wildman–Crippen LogP) is 3.55. The van der Waals surface area contributed by atoms with Gasteiger partial charge in [0.15, 0.2) is 5.13 Å². The van der Waals surface area contributed by atoms with E-state index in [4.69, 9.17) is 5.73 Å². The van der Waals surface area contributed by atoms with E-state index in [1.807, 2.05) is 6.20 Å². The summed E-state index contributed by atoms with van der Waals surface area (Å²) < 4.78 is 0. The first-order chi connectivity index (χ1) is 8.24. The van der Waals surface area contributed by atoms with Crippen LogP contribution in [0.1, 0.15) is 43.4 Å². The van der Waals surface area contributed by atoms with Crippen LogP contribution in [-0.2, 0) is 6.54 Å². The van der Waals surface area contributed by atoms with E-state index >= 15 is 0 Å². The van der Waals surface area contributed by atoms with Crippen molar-refractivity contribution < 1.29 is 0 Å². The van der Waals surface area contributed by atoms with E-state index in [0.717, 1.165) is 12.5 Å². The summed E-state index contributed by atoms with van der Waals surface area (Å²) in [4.78, 5) is 7.75. The molecule has 0 amide bonds. The minimum Gasteiger partial charge on any atom is -0.375 e. The van der Waals surface area contributed by atoms with Crippen LogP contribution in [0.25, 0.3) is 0 Å². The fourth-order valence-electron chi connectivity index (χ4n) is 2.62. The molecule has 0 aromatic carbocycles. The molecule has 1 fully saturated rings. The van der Waals surface area contributed by atoms with Crippen LogP contribution < -0.4 is 5.73 Å². The van der Waals surface area contributed by atoms with Gasteiger partial charge >= 0.3 is 0 Å². The maximum absolute atomic E-state index is 5.63. The summed E-state index contributed by atoms with van der Waals surface area (Å²) in [7, 11) is 2.19. The van der Waals surface area contributed by atoms with Gasteiger partial charge in [0.1, 0.15) is 0 Å². The Morgan fingerprint density at radius 2 is 2.11 bits per heavy atom. The van der Waals surface area contributed by atoms with Crippen molar-refractivity contribution in [3.05, 3.63) is 11.1 Å². The average molecular weight is 290 g/mol. The van der Waals surface area contributed by atoms with E-state index in [-0.39, 0.29) is 12.4 Å². The Labute approximate surface area is 120 Å². The van der Waals surface area contributed by atoms with Crippen molar-refractivity contribution in [2.24, 2.45) is 5.92 Å². The van der Waals surface area contributed by atoms with Crippen LogP contribution in [0.2, 0.25) is 0 Å². The number of halogens is 1. The largest absolute Gasteiger partial charge is 0.375 e. The van der Waals surface area contributed by atoms with Gasteiger partial charge in [-0.1, -0.05) is 32.1 Å². The highest BCUT2D eigenvalue weighted by Crippen LogP contribution is 2.26. The number of nitrogen functional groups attached to an aromatic ring is 1. The molecular formula is C13H24ClN3S. The molecule has 0 unspecified atom stereocenters. The van der Waals surface area contributed by atoms with Gasteiger partial charge in [-0.3, -0.25) is 0 Å². The van der Waals surface area contributed by atoms with Gasteiger partial charge in [0.2, 0.25) is 0 Å². The van der Waals surface area contributed by atoms with E-state index in [9.17, 15) is 0 Å². The topological polar surface area (TPSA) is 42.2 Å². The molecule has 1 aromatic rings. The number of nitrogens with two attached hydrogens (primary N) is 1. The fraction of sp³-hybridized carbons (Fsp3) is 0.769. The summed E-state index contributed by atoms with van der Waals surface area (Å²) in [5, 5.41) is 0.681. The molecule has 5 heteroatoms. The predicted molar refractivity (Wildman–Crippen MR) is 81.3 cm³/mol. The van der Waals surface area contributed by atoms with Gasteiger partial charge < -0.3 is 10.6 Å². The van der Waals surface area contributed by atoms with Crippen LogP contribution in [0.15, 0.2) is 6.20 Å². The van der Waals surface area contributed by atoms with Crippen LogP contribution in [0.3, 0.4) is 0 Å². The highest BCUT2D eigenvalue weighted by atomic mass is 35.5. The van der Waals surface area contributed by atoms with E-state index < -0.39 is 0 Å². The smallest absolute Gasteiger partial charge is 0.180 e. The highest BCUT2D eigenvalue weighted by Gasteiger charge is 2.14. The van der Waals surface area contributed by atoms with Crippen LogP contribution in [0.4, 0.5) is 5.13 Å². The lowest BCUT2D eigenvalue weighted by Crippen LogP contribution is -2.21. The lowest BCUT2D eigenvalue weighted by atomic mass is 9.87. The molecule has 0 bridgehead atoms. The normalized spacial score (nSPS) is 16.8. The van der Waals surface area contributed by atoms with Gasteiger partial charge in [0.25, 0.3) is 0 Å². The standard InChI is InChI=1S/C13H23N3S.ClH/c1-16(10-12-9-15-13(14)17-12)8-7-11-5-3-2-4-6-11;/h9,11H,2-8,10H2,1H3,(H2,14,15);1H. The SMILES string of the molecule is CN(CCC1CCCCC1)Cc1cnc(N)s1.Cl. The molecule has 0 spiro atoms. The maximum atomic E-state index is 5.63. The maximum Gasteiger partial charge on any atom is 0.180 e. The highest BCUT2D eigenvalue weighted by molar-refractivity contribution is 7.15. The average Bonchev–Trinajstić information content (AvgIpc) is 2.73. The fourth-order valence-corrected chi connectivity index (χ4v) is 3.38. The van der Waals surface area contributed by atoms with Crippen molar-refractivity contribution >= 4 is 28.9 Å². The summed E-state index contributed by atoms with van der Waals surface area (Å²) in [6.07, 6.45) is 10.5. The molecule has 0 atom stereocenters. The van der Waals surface area contributed by atoms with Gasteiger partial charge in [0.05, 0.1) is 0 Å². The van der Waals surface area contributed by atoms with Gasteiger partial charge in [-0.25, -0.2) is 4.98 Å². The van der Waals surface area contributed by atoms with Crippen LogP contribution >= 0.6 is 23.7 Å². The molecule has 0 aliphatic heterocycles. The van der Waals surface area contributed by atoms with Crippen molar-refractivity contribution in [1.82, 2.24) is 9.88 Å². The van der Waals surface area contributed by atoms with E-state index in [1.54, 1.807) is 11.3 Å². The number of hydrogen-bond donors (Lipinski definition) is 1. The Balaban J connectivity index is 0.00000162. The van der Waals surface area contributed by atoms with Crippen molar-refractivity contribution in [2.75, 3.05) is 19.3 Å². The molecule has 1 aliphatic rings. The quantitative estimate of drug-likeness (QED) is 0.901. The van der Waals surface area contributed by atoms with E-state index in [0.29, 0.717) is 5.13 Å². The first kappa shape index (κ1) is 15.7. The van der Waals surface area contributed by atoms with Crippen LogP contribution in [-0.4, -0.2) is 23.5 Å². The molecular weight excluding hydrogens is 266 g/mol. The number of thiazole rings is 1. The Morgan fingerprint density at radius 3 is 2.72 bits per heavy atom. The second kappa shape index (κ2) is 7.97. The van der Waals surface area contributed by atoms with E-state index in [1.165, 1.54) is 49.9 Å². The zero-order valence-electron chi connectivity index (χ0n) is 11.1. The number of rotatable bonds is 5. The van der Waals surface area contributed by atoms with Gasteiger partial charge in [-0.2, -0.15) is 0 Å². The molecule has 0 saturated heterocycles. The van der Waals surface area contributed by atoms with Crippen molar-refractivity contribution in [1.29, 1.82) is 0 Å². The third-order valence-corrected chi connectivity index (χ3v) is 4.45. The molecule has 1 saturated carbocycles. The van der Waals surface area contributed by atoms with E-state index in [2.05, 4.69) is 16.9 Å². The monoisotopic (exact) mass is 289 g/mol. The molecule has 18 heavy (non-hydrogen) atoms. The zero-order chi connectivity index (χ0) is 12.1. The number of aromatic nitrogens is 1. The molecule has 104 valence electrons. The van der Waals surface area contributed by atoms with Gasteiger partial charge in [-0.15, -0.1) is 23.7 Å². The Bertz CT molecular complexity index is 337. The molecule has 3 nitrogen and oxygen atoms in total.